The number of hydrogen-bond acceptors (Lipinski definition) is 35. The van der Waals surface area contributed by atoms with Crippen molar-refractivity contribution in [3.05, 3.63) is 0 Å². The van der Waals surface area contributed by atoms with Gasteiger partial charge in [-0.05, 0) is 0 Å². The highest BCUT2D eigenvalue weighted by molar-refractivity contribution is 5.00. The van der Waals surface area contributed by atoms with Crippen molar-refractivity contribution in [3.8, 4) is 0 Å². The van der Waals surface area contributed by atoms with E-state index in [4.69, 9.17) is 61.6 Å². The van der Waals surface area contributed by atoms with Crippen LogP contribution >= 0.6 is 0 Å². The maximum atomic E-state index is 11.3. The zero-order chi connectivity index (χ0) is 56.5. The van der Waals surface area contributed by atoms with Gasteiger partial charge in [-0.3, -0.25) is 0 Å². The zero-order valence-electron chi connectivity index (χ0n) is 40.4. The summed E-state index contributed by atoms with van der Waals surface area (Å²) < 4.78 is 72.3. The lowest BCUT2D eigenvalue weighted by Crippen LogP contribution is -2.68. The second kappa shape index (κ2) is 27.3. The Morgan fingerprint density at radius 1 is 0.234 bits per heavy atom. The summed E-state index contributed by atoms with van der Waals surface area (Å²) in [6.45, 7) is -6.97. The van der Waals surface area contributed by atoms with E-state index in [2.05, 4.69) is 0 Å². The van der Waals surface area contributed by atoms with E-state index in [0.29, 0.717) is 0 Å². The summed E-state index contributed by atoms with van der Waals surface area (Å²) in [5, 5.41) is 233. The fourth-order valence-corrected chi connectivity index (χ4v) is 9.95. The van der Waals surface area contributed by atoms with Crippen LogP contribution in [0, 0.1) is 0 Å². The van der Waals surface area contributed by atoms with E-state index in [1.807, 2.05) is 0 Å². The van der Waals surface area contributed by atoms with Crippen molar-refractivity contribution in [2.75, 3.05) is 52.9 Å². The average Bonchev–Trinajstić information content (AvgIpc) is 3.42. The van der Waals surface area contributed by atoms with Gasteiger partial charge in [0.25, 0.3) is 0 Å². The molecule has 450 valence electrons. The Bertz CT molecular complexity index is 1770. The van der Waals surface area contributed by atoms with Gasteiger partial charge < -0.3 is 174 Å². The minimum Gasteiger partial charge on any atom is -0.394 e. The molecule has 7 fully saturated rings. The highest BCUT2D eigenvalue weighted by atomic mass is 16.8. The summed E-state index contributed by atoms with van der Waals surface area (Å²) in [7, 11) is 0. The van der Waals surface area contributed by atoms with Gasteiger partial charge in [0, 0.05) is 0 Å². The van der Waals surface area contributed by atoms with E-state index in [0.717, 1.165) is 0 Å². The van der Waals surface area contributed by atoms with Crippen molar-refractivity contribution in [1.82, 2.24) is 0 Å². The molecular formula is C42H72O35. The van der Waals surface area contributed by atoms with E-state index in [1.165, 1.54) is 0 Å². The highest BCUT2D eigenvalue weighted by Gasteiger charge is 2.58. The molecule has 35 heteroatoms. The predicted molar refractivity (Wildman–Crippen MR) is 231 cm³/mol. The molecule has 0 bridgehead atoms. The second-order valence-corrected chi connectivity index (χ2v) is 19.4. The van der Waals surface area contributed by atoms with E-state index >= 15 is 0 Å². The summed E-state index contributed by atoms with van der Waals surface area (Å²) in [6, 6.07) is 0. The van der Waals surface area contributed by atoms with Gasteiger partial charge >= 0.3 is 0 Å². The van der Waals surface area contributed by atoms with E-state index in [9.17, 15) is 112 Å². The molecule has 7 heterocycles. The van der Waals surface area contributed by atoms with Crippen LogP contribution in [0.25, 0.3) is 0 Å². The van der Waals surface area contributed by atoms with Gasteiger partial charge in [0.05, 0.1) is 52.9 Å². The Morgan fingerprint density at radius 2 is 0.442 bits per heavy atom. The maximum Gasteiger partial charge on any atom is 0.187 e. The smallest absolute Gasteiger partial charge is 0.187 e. The summed E-state index contributed by atoms with van der Waals surface area (Å²) >= 11 is 0. The molecule has 35 nitrogen and oxygen atoms in total. The summed E-state index contributed by atoms with van der Waals surface area (Å²) in [5.74, 6) is 0. The standard InChI is InChI=1S/C42H72O35/c43-1-10-18(52)19(53)25(59)37(66-10)73-32-12(3-45)68-39(27(61)21(32)55)75-34-14(5-47)70-41(29(63)23(34)57)77-36-16(7-49)71-42(30(64)24(36)58)76-35-15(6-48)69-40(28(62)22(35)56)74-33-13(4-46)67-38(26(60)20(33)54)72-31-11(2-44)65-8-9(50)17(31)51/h9-64H,1-8H2/t9?,10?,11?,12?,13?,14?,15?,16?,17-,18-,19+,20?,21?,22?,23?,24?,25?,26+,27+,28+,29+,30+,31-,32-,33-,34-,35-,36-,37-,38-,39+,40-,41+,42+/m1/s1. The lowest BCUT2D eigenvalue weighted by Gasteiger charge is -2.50. The molecule has 34 atom stereocenters. The molecule has 22 N–H and O–H groups in total. The van der Waals surface area contributed by atoms with E-state index in [1.54, 1.807) is 0 Å². The SMILES string of the molecule is OCC1O[C@H](O[C@@H]2C(CO)O[C@H](O[C@@H]3C(CO)OCC(O)[C@H]3O)[C@@H](O)C2O)[C@@H](O)C(O)[C@@H]1O[C@@H]1OC(CO)[C@@H](O[C@@H]2OC(CO)[C@@H](O[C@@H]3OC(CO)[C@@H](O[C@H]4OC(CO)[C@@H](O)[C@H](O)C4O)C(O)[C@@H]3O)C(O)[C@@H]2O)C(O)[C@@H]1O. The van der Waals surface area contributed by atoms with Crippen LogP contribution < -0.4 is 0 Å². The summed E-state index contributed by atoms with van der Waals surface area (Å²) in [5.41, 5.74) is 0. The van der Waals surface area contributed by atoms with Crippen LogP contribution in [0.1, 0.15) is 0 Å². The van der Waals surface area contributed by atoms with Crippen molar-refractivity contribution in [2.45, 2.75) is 209 Å². The Balaban J connectivity index is 0.947. The van der Waals surface area contributed by atoms with Gasteiger partial charge in [-0.15, -0.1) is 0 Å². The molecule has 0 aromatic heterocycles. The number of aliphatic hydroxyl groups is 22. The summed E-state index contributed by atoms with van der Waals surface area (Å²) in [6.07, 6.45) is -63.6. The minimum absolute atomic E-state index is 0.368. The first-order chi connectivity index (χ1) is 36.6. The highest BCUT2D eigenvalue weighted by Crippen LogP contribution is 2.37. The van der Waals surface area contributed by atoms with Crippen molar-refractivity contribution in [3.63, 3.8) is 0 Å². The molecule has 7 aliphatic heterocycles. The zero-order valence-corrected chi connectivity index (χ0v) is 40.4. The molecule has 0 aliphatic carbocycles. The maximum absolute atomic E-state index is 11.3. The number of ether oxygens (including phenoxy) is 13. The third kappa shape index (κ3) is 13.0. The molecule has 0 aromatic rings. The van der Waals surface area contributed by atoms with Crippen LogP contribution in [0.3, 0.4) is 0 Å². The molecule has 0 radical (unpaired) electrons. The Morgan fingerprint density at radius 3 is 0.675 bits per heavy atom. The molecule has 7 saturated heterocycles. The first-order valence-electron chi connectivity index (χ1n) is 24.5. The molecule has 0 aromatic carbocycles. The van der Waals surface area contributed by atoms with Gasteiger partial charge in [0.1, 0.15) is 171 Å². The van der Waals surface area contributed by atoms with Crippen molar-refractivity contribution in [2.24, 2.45) is 0 Å². The van der Waals surface area contributed by atoms with Crippen LogP contribution in [0.5, 0.6) is 0 Å². The van der Waals surface area contributed by atoms with Crippen molar-refractivity contribution in [1.29, 1.82) is 0 Å². The molecule has 0 spiro atoms. The molecular weight excluding hydrogens is 1060 g/mol. The van der Waals surface area contributed by atoms with Crippen molar-refractivity contribution < 1.29 is 174 Å². The number of rotatable bonds is 19. The summed E-state index contributed by atoms with van der Waals surface area (Å²) in [4.78, 5) is 0. The topological polar surface area (TPSA) is 565 Å². The quantitative estimate of drug-likeness (QED) is 0.0571. The third-order valence-corrected chi connectivity index (χ3v) is 14.5. The van der Waals surface area contributed by atoms with Gasteiger partial charge in [0.2, 0.25) is 0 Å². The Kier molecular flexibility index (Phi) is 22.4. The normalized spacial score (nSPS) is 53.1. The first kappa shape index (κ1) is 63.2. The lowest BCUT2D eigenvalue weighted by molar-refractivity contribution is -0.397. The van der Waals surface area contributed by atoms with Crippen molar-refractivity contribution >= 4 is 0 Å². The van der Waals surface area contributed by atoms with Gasteiger partial charge in [-0.2, -0.15) is 0 Å². The largest absolute Gasteiger partial charge is 0.394 e. The Hall–Kier alpha value is -1.40. The van der Waals surface area contributed by atoms with Gasteiger partial charge in [-0.1, -0.05) is 0 Å². The average molecular weight is 1140 g/mol. The third-order valence-electron chi connectivity index (χ3n) is 14.5. The molecule has 77 heavy (non-hydrogen) atoms. The van der Waals surface area contributed by atoms with Crippen LogP contribution in [0.2, 0.25) is 0 Å². The predicted octanol–water partition coefficient (Wildman–Crippen LogP) is -15.6. The van der Waals surface area contributed by atoms with Crippen LogP contribution in [-0.4, -0.2) is 374 Å². The Labute approximate surface area is 435 Å². The van der Waals surface area contributed by atoms with Gasteiger partial charge in [-0.25, -0.2) is 0 Å². The van der Waals surface area contributed by atoms with E-state index in [-0.39, 0.29) is 6.61 Å². The molecule has 0 saturated carbocycles. The van der Waals surface area contributed by atoms with Crippen LogP contribution in [0.15, 0.2) is 0 Å². The minimum atomic E-state index is -2.21. The van der Waals surface area contributed by atoms with Gasteiger partial charge in [0.15, 0.2) is 37.7 Å². The molecule has 7 rings (SSSR count). The fourth-order valence-electron chi connectivity index (χ4n) is 9.95. The number of hydrogen-bond donors (Lipinski definition) is 22. The second-order valence-electron chi connectivity index (χ2n) is 19.4. The van der Waals surface area contributed by atoms with Crippen LogP contribution in [0.4, 0.5) is 0 Å². The fraction of sp³-hybridized carbons (Fsp3) is 1.00. The number of aliphatic hydroxyl groups excluding tert-OH is 22. The van der Waals surface area contributed by atoms with E-state index < -0.39 is 255 Å². The molecule has 14 unspecified atom stereocenters. The van der Waals surface area contributed by atoms with Crippen LogP contribution in [-0.2, 0) is 61.6 Å². The monoisotopic (exact) mass is 1140 g/mol. The molecule has 0 amide bonds. The lowest BCUT2D eigenvalue weighted by atomic mass is 9.95. The molecule has 7 aliphatic rings. The first-order valence-corrected chi connectivity index (χ1v) is 24.5.